The Bertz CT molecular complexity index is 813. The SMILES string of the molecule is C[C@@H]1COC2[C@H](O)C34C5OC(=O)C3(OC36OC(=O)CC34[C@H]6[C@H]5O)[C@]21O. The second-order valence-electron chi connectivity index (χ2n) is 8.66. The molecule has 9 heteroatoms. The molecule has 25 heavy (non-hydrogen) atoms. The summed E-state index contributed by atoms with van der Waals surface area (Å²) in [6.45, 7) is 1.87. The number of hydrogen-bond donors (Lipinski definition) is 3. The molecule has 3 aliphatic carbocycles. The summed E-state index contributed by atoms with van der Waals surface area (Å²) in [5.74, 6) is -3.87. The lowest BCUT2D eigenvalue weighted by atomic mass is 9.60. The molecule has 9 nitrogen and oxygen atoms in total. The van der Waals surface area contributed by atoms with Gasteiger partial charge < -0.3 is 34.3 Å². The largest absolute Gasteiger partial charge is 0.456 e. The van der Waals surface area contributed by atoms with E-state index in [-0.39, 0.29) is 13.0 Å². The maximum absolute atomic E-state index is 13.0. The molecule has 0 amide bonds. The Hall–Kier alpha value is -1.26. The Balaban J connectivity index is 1.61. The van der Waals surface area contributed by atoms with Crippen molar-refractivity contribution in [2.75, 3.05) is 6.61 Å². The molecule has 3 N–H and O–H groups in total. The van der Waals surface area contributed by atoms with Crippen molar-refractivity contribution in [3.8, 4) is 0 Å². The molecule has 7 fully saturated rings. The third-order valence-electron chi connectivity index (χ3n) is 8.44. The van der Waals surface area contributed by atoms with Crippen molar-refractivity contribution in [1.82, 2.24) is 0 Å². The topological polar surface area (TPSA) is 132 Å². The molecular formula is C16H16O9. The van der Waals surface area contributed by atoms with Crippen molar-refractivity contribution in [2.24, 2.45) is 22.7 Å². The molecule has 0 aromatic rings. The summed E-state index contributed by atoms with van der Waals surface area (Å²) in [6, 6.07) is 0. The van der Waals surface area contributed by atoms with Crippen LogP contribution in [0.5, 0.6) is 0 Å². The summed E-state index contributed by atoms with van der Waals surface area (Å²) in [6.07, 6.45) is -4.65. The molecule has 2 spiro atoms. The van der Waals surface area contributed by atoms with Crippen LogP contribution in [0.15, 0.2) is 0 Å². The van der Waals surface area contributed by atoms with Crippen LogP contribution in [-0.4, -0.2) is 75.3 Å². The zero-order chi connectivity index (χ0) is 17.4. The molecule has 0 radical (unpaired) electrons. The molecule has 7 aliphatic rings. The average molecular weight is 352 g/mol. The fraction of sp³-hybridized carbons (Fsp3) is 0.875. The van der Waals surface area contributed by atoms with Gasteiger partial charge in [0.05, 0.1) is 35.9 Å². The Labute approximate surface area is 140 Å². The molecule has 4 aliphatic heterocycles. The van der Waals surface area contributed by atoms with Crippen molar-refractivity contribution in [3.05, 3.63) is 0 Å². The predicted octanol–water partition coefficient (Wildman–Crippen LogP) is -2.56. The van der Waals surface area contributed by atoms with E-state index in [1.807, 2.05) is 0 Å². The zero-order valence-electron chi connectivity index (χ0n) is 13.2. The van der Waals surface area contributed by atoms with Crippen molar-refractivity contribution in [3.63, 3.8) is 0 Å². The summed E-state index contributed by atoms with van der Waals surface area (Å²) in [5, 5.41) is 33.7. The minimum Gasteiger partial charge on any atom is -0.456 e. The molecule has 4 saturated heterocycles. The van der Waals surface area contributed by atoms with E-state index in [0.717, 1.165) is 0 Å². The van der Waals surface area contributed by atoms with Crippen LogP contribution < -0.4 is 0 Å². The van der Waals surface area contributed by atoms with Crippen molar-refractivity contribution in [2.45, 2.75) is 54.7 Å². The van der Waals surface area contributed by atoms with Gasteiger partial charge in [0.15, 0.2) is 0 Å². The van der Waals surface area contributed by atoms with Crippen molar-refractivity contribution < 1.29 is 43.9 Å². The van der Waals surface area contributed by atoms with Crippen molar-refractivity contribution in [1.29, 1.82) is 0 Å². The molecule has 7 rings (SSSR count). The number of carbonyl (C=O) groups is 2. The first-order valence-electron chi connectivity index (χ1n) is 8.60. The van der Waals surface area contributed by atoms with E-state index in [2.05, 4.69) is 0 Å². The Morgan fingerprint density at radius 2 is 1.96 bits per heavy atom. The number of fused-ring (bicyclic) bond motifs is 1. The van der Waals surface area contributed by atoms with E-state index in [9.17, 15) is 24.9 Å². The Morgan fingerprint density at radius 1 is 1.20 bits per heavy atom. The fourth-order valence-electron chi connectivity index (χ4n) is 7.92. The van der Waals surface area contributed by atoms with Crippen LogP contribution in [0.25, 0.3) is 0 Å². The number of carbonyl (C=O) groups excluding carboxylic acids is 2. The minimum absolute atomic E-state index is 0.0855. The third-order valence-corrected chi connectivity index (χ3v) is 8.44. The van der Waals surface area contributed by atoms with E-state index in [0.29, 0.717) is 0 Å². The second kappa shape index (κ2) is 3.11. The molecule has 0 aromatic carbocycles. The number of aliphatic hydroxyl groups is 3. The monoisotopic (exact) mass is 352 g/mol. The molecule has 3 saturated carbocycles. The predicted molar refractivity (Wildman–Crippen MR) is 71.4 cm³/mol. The van der Waals surface area contributed by atoms with Gasteiger partial charge in [0.2, 0.25) is 11.4 Å². The molecule has 0 bridgehead atoms. The van der Waals surface area contributed by atoms with Crippen LogP contribution >= 0.6 is 0 Å². The summed E-state index contributed by atoms with van der Waals surface area (Å²) in [5.41, 5.74) is -6.25. The van der Waals surface area contributed by atoms with Crippen LogP contribution in [0.2, 0.25) is 0 Å². The molecule has 4 heterocycles. The van der Waals surface area contributed by atoms with Gasteiger partial charge in [-0.05, 0) is 0 Å². The first-order chi connectivity index (χ1) is 11.8. The molecule has 134 valence electrons. The number of aliphatic hydroxyl groups excluding tert-OH is 2. The Kier molecular flexibility index (Phi) is 1.73. The molecule has 11 atom stereocenters. The van der Waals surface area contributed by atoms with Gasteiger partial charge in [-0.15, -0.1) is 0 Å². The summed E-state index contributed by atoms with van der Waals surface area (Å²) in [7, 11) is 0. The van der Waals surface area contributed by atoms with Gasteiger partial charge >= 0.3 is 11.9 Å². The van der Waals surface area contributed by atoms with Gasteiger partial charge in [-0.2, -0.15) is 0 Å². The normalized spacial score (nSPS) is 73.0. The lowest BCUT2D eigenvalue weighted by Gasteiger charge is -2.42. The zero-order valence-corrected chi connectivity index (χ0v) is 13.2. The highest BCUT2D eigenvalue weighted by molar-refractivity contribution is 5.93. The quantitative estimate of drug-likeness (QED) is 0.403. The van der Waals surface area contributed by atoms with E-state index < -0.39 is 76.0 Å². The first kappa shape index (κ1) is 13.9. The molecular weight excluding hydrogens is 336 g/mol. The van der Waals surface area contributed by atoms with Crippen LogP contribution in [0, 0.1) is 22.7 Å². The summed E-state index contributed by atoms with van der Waals surface area (Å²) >= 11 is 0. The van der Waals surface area contributed by atoms with E-state index in [1.165, 1.54) is 0 Å². The van der Waals surface area contributed by atoms with Crippen molar-refractivity contribution >= 4 is 11.9 Å². The van der Waals surface area contributed by atoms with E-state index in [1.54, 1.807) is 6.92 Å². The summed E-state index contributed by atoms with van der Waals surface area (Å²) in [4.78, 5) is 25.0. The third kappa shape index (κ3) is 0.783. The van der Waals surface area contributed by atoms with E-state index in [4.69, 9.17) is 18.9 Å². The van der Waals surface area contributed by atoms with Gasteiger partial charge in [0, 0.05) is 5.92 Å². The van der Waals surface area contributed by atoms with Gasteiger partial charge in [-0.1, -0.05) is 6.92 Å². The standard InChI is InChI=1S/C16H16O9/c1-4-3-22-10-8(19)13-9-6(18)7-12(13)2-5(17)24-16(7,12)25-15(13,11(20)23-9)14(4,10)21/h4,6-10,18-19,21H,2-3H2,1H3/t4-,6-,7-,8+,9?,10?,12?,13?,14-,15?,16?/m1/s1. The maximum Gasteiger partial charge on any atom is 0.343 e. The number of esters is 2. The van der Waals surface area contributed by atoms with Gasteiger partial charge in [0.25, 0.3) is 0 Å². The second-order valence-corrected chi connectivity index (χ2v) is 8.66. The van der Waals surface area contributed by atoms with E-state index >= 15 is 0 Å². The molecule has 0 aromatic heterocycles. The minimum atomic E-state index is -1.90. The smallest absolute Gasteiger partial charge is 0.343 e. The Morgan fingerprint density at radius 3 is 2.72 bits per heavy atom. The number of ether oxygens (including phenoxy) is 4. The first-order valence-corrected chi connectivity index (χ1v) is 8.60. The molecule has 6 unspecified atom stereocenters. The van der Waals surface area contributed by atoms with Crippen LogP contribution in [0.3, 0.4) is 0 Å². The van der Waals surface area contributed by atoms with Gasteiger partial charge in [-0.25, -0.2) is 4.79 Å². The number of rotatable bonds is 0. The highest BCUT2D eigenvalue weighted by atomic mass is 16.8. The average Bonchev–Trinajstić information content (AvgIpc) is 2.97. The lowest BCUT2D eigenvalue weighted by molar-refractivity contribution is -0.265. The van der Waals surface area contributed by atoms with Crippen LogP contribution in [0.1, 0.15) is 13.3 Å². The highest BCUT2D eigenvalue weighted by Gasteiger charge is 3.14. The highest BCUT2D eigenvalue weighted by Crippen LogP contribution is 2.96. The maximum atomic E-state index is 13.0. The lowest BCUT2D eigenvalue weighted by Crippen LogP contribution is -2.66. The number of hydrogen-bond acceptors (Lipinski definition) is 9. The fourth-order valence-corrected chi connectivity index (χ4v) is 7.92. The van der Waals surface area contributed by atoms with Crippen LogP contribution in [0.4, 0.5) is 0 Å². The summed E-state index contributed by atoms with van der Waals surface area (Å²) < 4.78 is 22.7. The van der Waals surface area contributed by atoms with Gasteiger partial charge in [-0.3, -0.25) is 4.79 Å². The van der Waals surface area contributed by atoms with Crippen LogP contribution in [-0.2, 0) is 28.5 Å². The van der Waals surface area contributed by atoms with Gasteiger partial charge in [0.1, 0.15) is 23.9 Å².